The lowest BCUT2D eigenvalue weighted by atomic mass is 10.2. The molecule has 4 nitrogen and oxygen atoms in total. The van der Waals surface area contributed by atoms with Crippen molar-refractivity contribution in [2.24, 2.45) is 5.73 Å². The quantitative estimate of drug-likeness (QED) is 0.709. The molecule has 0 aromatic carbocycles. The molecule has 1 amide bonds. The number of aromatic amines is 1. The summed E-state index contributed by atoms with van der Waals surface area (Å²) in [6, 6.07) is 3.06. The maximum absolute atomic E-state index is 11.3. The predicted octanol–water partition coefficient (Wildman–Crippen LogP) is 0.702. The molecule has 14 heavy (non-hydrogen) atoms. The number of primary amides is 1. The molecule has 1 fully saturated rings. The van der Waals surface area contributed by atoms with Gasteiger partial charge in [0.15, 0.2) is 0 Å². The number of amides is 1. The Bertz CT molecular complexity index is 448. The lowest BCUT2D eigenvalue weighted by molar-refractivity contribution is 0.0999. The fourth-order valence-electron chi connectivity index (χ4n) is 1.31. The number of halogens is 1. The van der Waals surface area contributed by atoms with E-state index in [0.717, 1.165) is 12.8 Å². The zero-order chi connectivity index (χ0) is 10.3. The zero-order valence-corrected chi connectivity index (χ0v) is 8.10. The van der Waals surface area contributed by atoms with Crippen LogP contribution in [-0.2, 0) is 4.87 Å². The van der Waals surface area contributed by atoms with Crippen LogP contribution < -0.4 is 11.3 Å². The molecule has 5 heteroatoms. The van der Waals surface area contributed by atoms with Crippen LogP contribution in [-0.4, -0.2) is 10.9 Å². The first-order chi connectivity index (χ1) is 6.53. The summed E-state index contributed by atoms with van der Waals surface area (Å²) in [5, 5.41) is 0. The Balaban J connectivity index is 2.46. The van der Waals surface area contributed by atoms with Crippen LogP contribution in [0.25, 0.3) is 0 Å². The van der Waals surface area contributed by atoms with E-state index in [1.54, 1.807) is 6.07 Å². The Morgan fingerprint density at radius 3 is 2.57 bits per heavy atom. The first-order valence-corrected chi connectivity index (χ1v) is 4.63. The lowest BCUT2D eigenvalue weighted by Crippen LogP contribution is -2.24. The molecular weight excluding hydrogens is 204 g/mol. The van der Waals surface area contributed by atoms with Crippen LogP contribution in [0.4, 0.5) is 0 Å². The van der Waals surface area contributed by atoms with Crippen molar-refractivity contribution in [3.63, 3.8) is 0 Å². The molecule has 0 unspecified atom stereocenters. The van der Waals surface area contributed by atoms with Crippen molar-refractivity contribution in [2.45, 2.75) is 17.7 Å². The molecule has 1 aliphatic rings. The largest absolute Gasteiger partial charge is 0.365 e. The van der Waals surface area contributed by atoms with E-state index in [9.17, 15) is 9.59 Å². The molecule has 0 spiro atoms. The fraction of sp³-hybridized carbons (Fsp3) is 0.333. The summed E-state index contributed by atoms with van der Waals surface area (Å²) in [4.78, 5) is 24.3. The summed E-state index contributed by atoms with van der Waals surface area (Å²) in [5.74, 6) is -0.725. The van der Waals surface area contributed by atoms with Gasteiger partial charge in [0.05, 0.1) is 4.87 Å². The molecule has 1 aliphatic carbocycles. The smallest absolute Gasteiger partial charge is 0.261 e. The maximum Gasteiger partial charge on any atom is 0.261 e. The van der Waals surface area contributed by atoms with Gasteiger partial charge in [-0.15, -0.1) is 11.6 Å². The van der Waals surface area contributed by atoms with Crippen molar-refractivity contribution < 1.29 is 4.79 Å². The number of nitrogens with two attached hydrogens (primary N) is 1. The van der Waals surface area contributed by atoms with Crippen LogP contribution in [0.1, 0.15) is 28.9 Å². The van der Waals surface area contributed by atoms with Crippen molar-refractivity contribution in [3.8, 4) is 0 Å². The lowest BCUT2D eigenvalue weighted by Gasteiger charge is -2.05. The van der Waals surface area contributed by atoms with Gasteiger partial charge in [-0.2, -0.15) is 0 Å². The molecule has 1 saturated carbocycles. The highest BCUT2D eigenvalue weighted by atomic mass is 35.5. The number of hydrogen-bond donors (Lipinski definition) is 2. The van der Waals surface area contributed by atoms with E-state index in [1.807, 2.05) is 0 Å². The predicted molar refractivity (Wildman–Crippen MR) is 52.3 cm³/mol. The summed E-state index contributed by atoms with van der Waals surface area (Å²) in [7, 11) is 0. The maximum atomic E-state index is 11.3. The minimum absolute atomic E-state index is 0.0327. The van der Waals surface area contributed by atoms with Crippen LogP contribution in [0.5, 0.6) is 0 Å². The molecule has 2 rings (SSSR count). The van der Waals surface area contributed by atoms with Gasteiger partial charge in [0.25, 0.3) is 11.5 Å². The molecule has 0 atom stereocenters. The van der Waals surface area contributed by atoms with E-state index in [1.165, 1.54) is 6.07 Å². The first kappa shape index (κ1) is 9.27. The third kappa shape index (κ3) is 1.42. The van der Waals surface area contributed by atoms with E-state index in [2.05, 4.69) is 4.98 Å². The fourth-order valence-corrected chi connectivity index (χ4v) is 1.51. The third-order valence-electron chi connectivity index (χ3n) is 2.35. The average Bonchev–Trinajstić information content (AvgIpc) is 2.84. The number of rotatable bonds is 2. The number of carbonyl (C=O) groups is 1. The normalized spacial score (nSPS) is 17.8. The van der Waals surface area contributed by atoms with Gasteiger partial charge in [-0.05, 0) is 25.0 Å². The molecule has 0 bridgehead atoms. The molecule has 74 valence electrons. The molecular formula is C9H9ClN2O2. The van der Waals surface area contributed by atoms with E-state index in [4.69, 9.17) is 17.3 Å². The summed E-state index contributed by atoms with van der Waals surface area (Å²) < 4.78 is 0. The van der Waals surface area contributed by atoms with Crippen molar-refractivity contribution in [1.29, 1.82) is 0 Å². The van der Waals surface area contributed by atoms with Crippen LogP contribution in [0.3, 0.4) is 0 Å². The van der Waals surface area contributed by atoms with Crippen LogP contribution in [0, 0.1) is 0 Å². The van der Waals surface area contributed by atoms with Gasteiger partial charge >= 0.3 is 0 Å². The van der Waals surface area contributed by atoms with Gasteiger partial charge in [-0.25, -0.2) is 0 Å². The monoisotopic (exact) mass is 212 g/mol. The van der Waals surface area contributed by atoms with Gasteiger partial charge in [0.2, 0.25) is 0 Å². The summed E-state index contributed by atoms with van der Waals surface area (Å²) in [6.07, 6.45) is 1.70. The second-order valence-corrected chi connectivity index (χ2v) is 4.17. The molecule has 3 N–H and O–H groups in total. The third-order valence-corrected chi connectivity index (χ3v) is 2.93. The van der Waals surface area contributed by atoms with Gasteiger partial charge in [-0.3, -0.25) is 9.59 Å². The SMILES string of the molecule is NC(=O)c1ccc(C2(Cl)CC2)[nH]c1=O. The Morgan fingerprint density at radius 1 is 1.50 bits per heavy atom. The zero-order valence-electron chi connectivity index (χ0n) is 7.34. The number of nitrogens with one attached hydrogen (secondary N) is 1. The molecule has 0 saturated heterocycles. The Labute approximate surface area is 85.1 Å². The number of hydrogen-bond acceptors (Lipinski definition) is 2. The number of pyridine rings is 1. The van der Waals surface area contributed by atoms with Crippen molar-refractivity contribution in [1.82, 2.24) is 4.98 Å². The van der Waals surface area contributed by atoms with Crippen molar-refractivity contribution in [3.05, 3.63) is 33.7 Å². The molecule has 0 radical (unpaired) electrons. The van der Waals surface area contributed by atoms with Crippen molar-refractivity contribution >= 4 is 17.5 Å². The highest BCUT2D eigenvalue weighted by Crippen LogP contribution is 2.50. The number of alkyl halides is 1. The van der Waals surface area contributed by atoms with E-state index in [0.29, 0.717) is 5.69 Å². The standard InChI is InChI=1S/C9H9ClN2O2/c10-9(3-4-9)6-2-1-5(7(11)13)8(14)12-6/h1-2H,3-4H2,(H2,11,13)(H,12,14). The van der Waals surface area contributed by atoms with E-state index >= 15 is 0 Å². The Kier molecular flexibility index (Phi) is 1.89. The highest BCUT2D eigenvalue weighted by Gasteiger charge is 2.43. The van der Waals surface area contributed by atoms with Crippen LogP contribution in [0.15, 0.2) is 16.9 Å². The molecule has 1 aromatic heterocycles. The average molecular weight is 213 g/mol. The summed E-state index contributed by atoms with van der Waals surface area (Å²) >= 11 is 6.09. The number of carbonyl (C=O) groups excluding carboxylic acids is 1. The van der Waals surface area contributed by atoms with E-state index < -0.39 is 16.3 Å². The van der Waals surface area contributed by atoms with Crippen LogP contribution >= 0.6 is 11.6 Å². The number of H-pyrrole nitrogens is 1. The summed E-state index contributed by atoms with van der Waals surface area (Å²) in [5.41, 5.74) is 5.16. The molecule has 1 aromatic rings. The highest BCUT2D eigenvalue weighted by molar-refractivity contribution is 6.25. The van der Waals surface area contributed by atoms with Crippen LogP contribution in [0.2, 0.25) is 0 Å². The van der Waals surface area contributed by atoms with E-state index in [-0.39, 0.29) is 5.56 Å². The first-order valence-electron chi connectivity index (χ1n) is 4.25. The molecule has 1 heterocycles. The summed E-state index contributed by atoms with van der Waals surface area (Å²) in [6.45, 7) is 0. The molecule has 0 aliphatic heterocycles. The van der Waals surface area contributed by atoms with Gasteiger partial charge < -0.3 is 10.7 Å². The topological polar surface area (TPSA) is 76.0 Å². The second-order valence-electron chi connectivity index (χ2n) is 3.44. The Morgan fingerprint density at radius 2 is 2.14 bits per heavy atom. The second kappa shape index (κ2) is 2.85. The van der Waals surface area contributed by atoms with Crippen molar-refractivity contribution in [2.75, 3.05) is 0 Å². The van der Waals surface area contributed by atoms with Gasteiger partial charge in [-0.1, -0.05) is 0 Å². The minimum Gasteiger partial charge on any atom is -0.365 e. The van der Waals surface area contributed by atoms with Gasteiger partial charge in [0.1, 0.15) is 5.56 Å². The minimum atomic E-state index is -0.725. The number of aromatic nitrogens is 1. The van der Waals surface area contributed by atoms with Gasteiger partial charge in [0, 0.05) is 5.69 Å². The Hall–Kier alpha value is -1.29.